The summed E-state index contributed by atoms with van der Waals surface area (Å²) in [5, 5.41) is 19.6. The van der Waals surface area contributed by atoms with Crippen molar-refractivity contribution in [1.82, 2.24) is 20.5 Å². The Bertz CT molecular complexity index is 695. The average Bonchev–Trinajstić information content (AvgIpc) is 3.14. The molecule has 6 nitrogen and oxygen atoms in total. The van der Waals surface area contributed by atoms with Crippen LogP contribution in [0.25, 0.3) is 0 Å². The van der Waals surface area contributed by atoms with E-state index < -0.39 is 17.8 Å². The first-order chi connectivity index (χ1) is 11.0. The number of nitrogens with zero attached hydrogens (tertiary/aromatic N) is 2. The number of aromatic amines is 1. The van der Waals surface area contributed by atoms with Crippen LogP contribution in [0, 0.1) is 11.7 Å². The molecule has 0 aliphatic heterocycles. The molecule has 1 aliphatic rings. The molecule has 3 N–H and O–H groups in total. The molecule has 0 radical (unpaired) electrons. The van der Waals surface area contributed by atoms with Gasteiger partial charge in [-0.15, -0.1) is 0 Å². The molecule has 1 saturated carbocycles. The number of aliphatic hydroxyl groups is 1. The Kier molecular flexibility index (Phi) is 4.58. The maximum absolute atomic E-state index is 13.7. The predicted octanol–water partition coefficient (Wildman–Crippen LogP) is 1.88. The lowest BCUT2D eigenvalue weighted by Gasteiger charge is -2.15. The van der Waals surface area contributed by atoms with Gasteiger partial charge in [-0.2, -0.15) is 5.10 Å². The van der Waals surface area contributed by atoms with Gasteiger partial charge in [0.15, 0.2) is 0 Å². The van der Waals surface area contributed by atoms with Gasteiger partial charge >= 0.3 is 0 Å². The van der Waals surface area contributed by atoms with Gasteiger partial charge in [0.05, 0.1) is 11.7 Å². The number of hydrogen-bond acceptors (Lipinski definition) is 4. The van der Waals surface area contributed by atoms with Crippen molar-refractivity contribution >= 4 is 17.5 Å². The Labute approximate surface area is 137 Å². The lowest BCUT2D eigenvalue weighted by molar-refractivity contribution is 0.0913. The molecule has 1 amide bonds. The Morgan fingerprint density at radius 1 is 1.48 bits per heavy atom. The highest BCUT2D eigenvalue weighted by molar-refractivity contribution is 6.30. The van der Waals surface area contributed by atoms with Crippen LogP contribution in [0.2, 0.25) is 5.02 Å². The normalized spacial score (nSPS) is 23.9. The van der Waals surface area contributed by atoms with E-state index in [0.29, 0.717) is 12.8 Å². The number of halogens is 2. The first kappa shape index (κ1) is 15.9. The van der Waals surface area contributed by atoms with E-state index in [2.05, 4.69) is 20.5 Å². The number of carbonyl (C=O) groups is 1. The first-order valence-corrected chi connectivity index (χ1v) is 7.69. The molecule has 0 bridgehead atoms. The SMILES string of the molecule is O=C(NC[C@@H]1C[C@@H](c2ncn[nH]2)C[C@@H]1O)c1ccc(Cl)cc1F. The van der Waals surface area contributed by atoms with Gasteiger partial charge < -0.3 is 10.4 Å². The summed E-state index contributed by atoms with van der Waals surface area (Å²) in [6.45, 7) is 0.271. The second-order valence-corrected chi connectivity index (χ2v) is 6.14. The van der Waals surface area contributed by atoms with Crippen LogP contribution in [0.5, 0.6) is 0 Å². The highest BCUT2D eigenvalue weighted by Gasteiger charge is 2.35. The second-order valence-electron chi connectivity index (χ2n) is 5.70. The number of H-pyrrole nitrogens is 1. The largest absolute Gasteiger partial charge is 0.393 e. The standard InChI is InChI=1S/C15H16ClFN4O2/c16-10-1-2-11(12(17)5-10)15(23)18-6-9-3-8(4-13(9)22)14-19-7-20-21-14/h1-2,5,7-9,13,22H,3-4,6H2,(H,18,23)(H,19,20,21)/t8-,9+,13+/m1/s1. The number of nitrogens with one attached hydrogen (secondary N) is 2. The number of aromatic nitrogens is 3. The number of rotatable bonds is 4. The third-order valence-corrected chi connectivity index (χ3v) is 4.41. The minimum Gasteiger partial charge on any atom is -0.393 e. The van der Waals surface area contributed by atoms with E-state index in [0.717, 1.165) is 11.9 Å². The van der Waals surface area contributed by atoms with Crippen LogP contribution in [0.15, 0.2) is 24.5 Å². The molecule has 0 spiro atoms. The molecular formula is C15H16ClFN4O2. The lowest BCUT2D eigenvalue weighted by Crippen LogP contribution is -2.32. The molecule has 1 heterocycles. The smallest absolute Gasteiger partial charge is 0.254 e. The minimum atomic E-state index is -0.665. The van der Waals surface area contributed by atoms with Crippen molar-refractivity contribution in [3.63, 3.8) is 0 Å². The third kappa shape index (κ3) is 3.51. The van der Waals surface area contributed by atoms with E-state index >= 15 is 0 Å². The van der Waals surface area contributed by atoms with E-state index in [-0.39, 0.29) is 29.0 Å². The van der Waals surface area contributed by atoms with E-state index in [4.69, 9.17) is 11.6 Å². The fourth-order valence-corrected chi connectivity index (χ4v) is 3.11. The molecular weight excluding hydrogens is 323 g/mol. The summed E-state index contributed by atoms with van der Waals surface area (Å²) in [4.78, 5) is 16.1. The number of carbonyl (C=O) groups excluding carboxylic acids is 1. The van der Waals surface area contributed by atoms with Gasteiger partial charge in [0, 0.05) is 23.4 Å². The molecule has 23 heavy (non-hydrogen) atoms. The van der Waals surface area contributed by atoms with Crippen molar-refractivity contribution in [2.24, 2.45) is 5.92 Å². The molecule has 1 aromatic carbocycles. The summed E-state index contributed by atoms with van der Waals surface area (Å²) in [5.74, 6) is -0.469. The monoisotopic (exact) mass is 338 g/mol. The van der Waals surface area contributed by atoms with Crippen LogP contribution in [0.1, 0.15) is 34.9 Å². The minimum absolute atomic E-state index is 0.0614. The Morgan fingerprint density at radius 2 is 2.30 bits per heavy atom. The highest BCUT2D eigenvalue weighted by atomic mass is 35.5. The van der Waals surface area contributed by atoms with Crippen LogP contribution in [0.3, 0.4) is 0 Å². The van der Waals surface area contributed by atoms with Crippen LogP contribution in [-0.4, -0.2) is 38.8 Å². The maximum Gasteiger partial charge on any atom is 0.254 e. The van der Waals surface area contributed by atoms with E-state index in [1.165, 1.54) is 18.5 Å². The molecule has 0 unspecified atom stereocenters. The van der Waals surface area contributed by atoms with E-state index in [9.17, 15) is 14.3 Å². The van der Waals surface area contributed by atoms with Crippen molar-refractivity contribution in [2.45, 2.75) is 24.9 Å². The van der Waals surface area contributed by atoms with Crippen molar-refractivity contribution in [1.29, 1.82) is 0 Å². The van der Waals surface area contributed by atoms with Gasteiger partial charge in [-0.05, 0) is 31.0 Å². The van der Waals surface area contributed by atoms with Gasteiger partial charge in [-0.25, -0.2) is 9.37 Å². The predicted molar refractivity (Wildman–Crippen MR) is 81.6 cm³/mol. The fourth-order valence-electron chi connectivity index (χ4n) is 2.95. The van der Waals surface area contributed by atoms with Crippen molar-refractivity contribution in [3.8, 4) is 0 Å². The topological polar surface area (TPSA) is 90.9 Å². The molecule has 0 saturated heterocycles. The second kappa shape index (κ2) is 6.64. The van der Waals surface area contributed by atoms with Gasteiger partial charge in [0.1, 0.15) is 18.0 Å². The van der Waals surface area contributed by atoms with Crippen LogP contribution in [0.4, 0.5) is 4.39 Å². The molecule has 1 fully saturated rings. The summed E-state index contributed by atoms with van der Waals surface area (Å²) in [7, 11) is 0. The summed E-state index contributed by atoms with van der Waals surface area (Å²) < 4.78 is 13.7. The van der Waals surface area contributed by atoms with Gasteiger partial charge in [0.25, 0.3) is 5.91 Å². The molecule has 1 aromatic heterocycles. The quantitative estimate of drug-likeness (QED) is 0.794. The zero-order valence-corrected chi connectivity index (χ0v) is 12.9. The number of amides is 1. The van der Waals surface area contributed by atoms with Gasteiger partial charge in [0.2, 0.25) is 0 Å². The zero-order chi connectivity index (χ0) is 16.4. The van der Waals surface area contributed by atoms with Crippen LogP contribution >= 0.6 is 11.6 Å². The summed E-state index contributed by atoms with van der Waals surface area (Å²) in [6, 6.07) is 3.90. The molecule has 1 aliphatic carbocycles. The number of aliphatic hydroxyl groups excluding tert-OH is 1. The molecule has 3 atom stereocenters. The van der Waals surface area contributed by atoms with E-state index in [1.54, 1.807) is 0 Å². The highest BCUT2D eigenvalue weighted by Crippen LogP contribution is 2.36. The van der Waals surface area contributed by atoms with Gasteiger partial charge in [-0.1, -0.05) is 11.6 Å². The first-order valence-electron chi connectivity index (χ1n) is 7.31. The number of benzene rings is 1. The Hall–Kier alpha value is -1.99. The van der Waals surface area contributed by atoms with Crippen LogP contribution in [-0.2, 0) is 0 Å². The fraction of sp³-hybridized carbons (Fsp3) is 0.400. The van der Waals surface area contributed by atoms with E-state index in [1.807, 2.05) is 0 Å². The molecule has 3 rings (SSSR count). The summed E-state index contributed by atoms with van der Waals surface area (Å²) in [6.07, 6.45) is 2.13. The average molecular weight is 339 g/mol. The van der Waals surface area contributed by atoms with Crippen LogP contribution < -0.4 is 5.32 Å². The molecule has 122 valence electrons. The summed E-state index contributed by atoms with van der Waals surface area (Å²) >= 11 is 5.67. The third-order valence-electron chi connectivity index (χ3n) is 4.18. The van der Waals surface area contributed by atoms with Crippen molar-refractivity contribution < 1.29 is 14.3 Å². The van der Waals surface area contributed by atoms with Gasteiger partial charge in [-0.3, -0.25) is 9.89 Å². The molecule has 2 aromatic rings. The number of hydrogen-bond donors (Lipinski definition) is 3. The summed E-state index contributed by atoms with van der Waals surface area (Å²) in [5.41, 5.74) is -0.0614. The van der Waals surface area contributed by atoms with Crippen molar-refractivity contribution in [3.05, 3.63) is 46.8 Å². The zero-order valence-electron chi connectivity index (χ0n) is 12.2. The molecule has 8 heteroatoms. The Balaban J connectivity index is 1.59. The Morgan fingerprint density at radius 3 is 3.00 bits per heavy atom. The maximum atomic E-state index is 13.7. The van der Waals surface area contributed by atoms with Crippen molar-refractivity contribution in [2.75, 3.05) is 6.54 Å². The lowest BCUT2D eigenvalue weighted by atomic mass is 10.0.